The van der Waals surface area contributed by atoms with Crippen LogP contribution in [-0.4, -0.2) is 21.2 Å². The minimum atomic E-state index is -1.000. The predicted molar refractivity (Wildman–Crippen MR) is 115 cm³/mol. The number of thioether (sulfide) groups is 1. The summed E-state index contributed by atoms with van der Waals surface area (Å²) >= 11 is 1.47. The molecule has 0 amide bonds. The molecule has 3 aromatic heterocycles. The number of hydrogen-bond acceptors (Lipinski definition) is 5. The average molecular weight is 408 g/mol. The van der Waals surface area contributed by atoms with Crippen molar-refractivity contribution in [2.24, 2.45) is 0 Å². The van der Waals surface area contributed by atoms with Crippen molar-refractivity contribution in [1.29, 1.82) is 0 Å². The van der Waals surface area contributed by atoms with E-state index in [0.29, 0.717) is 21.9 Å². The molecule has 0 radical (unpaired) electrons. The molecule has 4 aromatic rings. The zero-order valence-corrected chi connectivity index (χ0v) is 16.8. The van der Waals surface area contributed by atoms with Crippen molar-refractivity contribution < 1.29 is 14.3 Å². The molecule has 0 spiro atoms. The van der Waals surface area contributed by atoms with Crippen LogP contribution in [0.5, 0.6) is 0 Å². The van der Waals surface area contributed by atoms with Crippen LogP contribution in [0.3, 0.4) is 0 Å². The van der Waals surface area contributed by atoms with Crippen LogP contribution >= 0.6 is 11.8 Å². The van der Waals surface area contributed by atoms with Crippen molar-refractivity contribution in [3.63, 3.8) is 0 Å². The number of carbonyl (C=O) groups is 1. The number of anilines is 1. The first-order chi connectivity index (χ1) is 14.0. The molecule has 0 aliphatic rings. The number of nitrogens with one attached hydrogen (secondary N) is 1. The monoisotopic (exact) mass is 408 g/mol. The number of aromatic carboxylic acids is 1. The van der Waals surface area contributed by atoms with E-state index < -0.39 is 5.97 Å². The van der Waals surface area contributed by atoms with E-state index in [-0.39, 0.29) is 17.0 Å². The quantitative estimate of drug-likeness (QED) is 0.436. The standard InChI is InChI=1S/C22H20N2O4S/c1-3-29-19-12-18(25)20-21(28-19)16(11-14-7-6-10-24(14)20)13(2)23-17-9-5-4-8-15(17)22(26)27/h4-13,23H,3H2,1-2H3,(H,26,27). The van der Waals surface area contributed by atoms with Gasteiger partial charge in [0.2, 0.25) is 5.43 Å². The minimum absolute atomic E-state index is 0.108. The van der Waals surface area contributed by atoms with Crippen LogP contribution < -0.4 is 10.7 Å². The van der Waals surface area contributed by atoms with Gasteiger partial charge in [-0.2, -0.15) is 0 Å². The number of aromatic nitrogens is 1. The van der Waals surface area contributed by atoms with Crippen molar-refractivity contribution >= 4 is 40.0 Å². The van der Waals surface area contributed by atoms with Gasteiger partial charge in [0, 0.05) is 29.0 Å². The third-order valence-corrected chi connectivity index (χ3v) is 5.54. The fourth-order valence-electron chi connectivity index (χ4n) is 3.47. The van der Waals surface area contributed by atoms with Crippen LogP contribution in [0, 0.1) is 0 Å². The van der Waals surface area contributed by atoms with Gasteiger partial charge in [-0.05, 0) is 43.0 Å². The first-order valence-corrected chi connectivity index (χ1v) is 10.3. The molecule has 1 aromatic carbocycles. The molecule has 0 aliphatic heterocycles. The number of benzene rings is 1. The van der Waals surface area contributed by atoms with Crippen LogP contribution in [-0.2, 0) is 0 Å². The Bertz CT molecular complexity index is 1280. The molecule has 0 fully saturated rings. The highest BCUT2D eigenvalue weighted by molar-refractivity contribution is 7.99. The SMILES string of the molecule is CCSc1cc(=O)c2c(o1)c(C(C)Nc1ccccc1C(=O)O)cc1cccn12. The highest BCUT2D eigenvalue weighted by Gasteiger charge is 2.19. The fraction of sp³-hybridized carbons (Fsp3) is 0.182. The zero-order valence-electron chi connectivity index (χ0n) is 16.0. The van der Waals surface area contributed by atoms with Gasteiger partial charge in [0.15, 0.2) is 10.7 Å². The van der Waals surface area contributed by atoms with Crippen LogP contribution in [0.4, 0.5) is 5.69 Å². The Labute approximate surface area is 171 Å². The van der Waals surface area contributed by atoms with E-state index in [0.717, 1.165) is 16.8 Å². The van der Waals surface area contributed by atoms with Gasteiger partial charge in [-0.3, -0.25) is 4.79 Å². The number of pyridine rings is 1. The first kappa shape index (κ1) is 19.1. The van der Waals surface area contributed by atoms with Crippen molar-refractivity contribution in [2.45, 2.75) is 25.0 Å². The lowest BCUT2D eigenvalue weighted by Crippen LogP contribution is -2.13. The molecule has 1 unspecified atom stereocenters. The molecule has 0 aliphatic carbocycles. The highest BCUT2D eigenvalue weighted by atomic mass is 32.2. The Morgan fingerprint density at radius 3 is 2.79 bits per heavy atom. The maximum absolute atomic E-state index is 12.9. The molecular weight excluding hydrogens is 388 g/mol. The lowest BCUT2D eigenvalue weighted by atomic mass is 10.1. The summed E-state index contributed by atoms with van der Waals surface area (Å²) in [5, 5.41) is 13.3. The maximum atomic E-state index is 12.9. The van der Waals surface area contributed by atoms with Crippen molar-refractivity contribution in [1.82, 2.24) is 4.40 Å². The van der Waals surface area contributed by atoms with E-state index >= 15 is 0 Å². The molecule has 1 atom stereocenters. The summed E-state index contributed by atoms with van der Waals surface area (Å²) in [7, 11) is 0. The molecule has 148 valence electrons. The molecule has 7 heteroatoms. The summed E-state index contributed by atoms with van der Waals surface area (Å²) in [6.07, 6.45) is 1.84. The van der Waals surface area contributed by atoms with E-state index in [2.05, 4.69) is 5.32 Å². The first-order valence-electron chi connectivity index (χ1n) is 9.29. The molecule has 0 bridgehead atoms. The number of carboxylic acid groups (broad SMARTS) is 1. The lowest BCUT2D eigenvalue weighted by molar-refractivity contribution is 0.0698. The third kappa shape index (κ3) is 3.49. The minimum Gasteiger partial charge on any atom is -0.478 e. The fourth-order valence-corrected chi connectivity index (χ4v) is 4.09. The number of nitrogens with zero attached hydrogens (tertiary/aromatic N) is 1. The van der Waals surface area contributed by atoms with Crippen LogP contribution in [0.1, 0.15) is 35.8 Å². The van der Waals surface area contributed by atoms with Gasteiger partial charge in [-0.25, -0.2) is 4.79 Å². The van der Waals surface area contributed by atoms with Crippen LogP contribution in [0.2, 0.25) is 0 Å². The van der Waals surface area contributed by atoms with Crippen LogP contribution in [0.25, 0.3) is 16.6 Å². The Balaban J connectivity index is 1.89. The molecule has 6 nitrogen and oxygen atoms in total. The Morgan fingerprint density at radius 2 is 2.03 bits per heavy atom. The number of rotatable bonds is 6. The maximum Gasteiger partial charge on any atom is 0.337 e. The van der Waals surface area contributed by atoms with Gasteiger partial charge < -0.3 is 19.2 Å². The Hall–Kier alpha value is -3.19. The van der Waals surface area contributed by atoms with Crippen molar-refractivity contribution in [2.75, 3.05) is 11.1 Å². The van der Waals surface area contributed by atoms with E-state index in [1.54, 1.807) is 24.3 Å². The Kier molecular flexibility index (Phi) is 5.07. The molecule has 4 rings (SSSR count). The van der Waals surface area contributed by atoms with Gasteiger partial charge in [-0.15, -0.1) is 0 Å². The summed E-state index contributed by atoms with van der Waals surface area (Å²) in [5.41, 5.74) is 3.24. The highest BCUT2D eigenvalue weighted by Crippen LogP contribution is 2.31. The molecule has 29 heavy (non-hydrogen) atoms. The average Bonchev–Trinajstić information content (AvgIpc) is 3.16. The lowest BCUT2D eigenvalue weighted by Gasteiger charge is -2.19. The summed E-state index contributed by atoms with van der Waals surface area (Å²) in [6.45, 7) is 3.92. The van der Waals surface area contributed by atoms with E-state index in [1.165, 1.54) is 17.8 Å². The third-order valence-electron chi connectivity index (χ3n) is 4.77. The number of hydrogen-bond donors (Lipinski definition) is 2. The van der Waals surface area contributed by atoms with Gasteiger partial charge in [0.25, 0.3) is 0 Å². The Morgan fingerprint density at radius 1 is 1.24 bits per heavy atom. The van der Waals surface area contributed by atoms with Crippen LogP contribution in [0.15, 0.2) is 69.0 Å². The van der Waals surface area contributed by atoms with Crippen molar-refractivity contribution in [3.8, 4) is 0 Å². The normalized spacial score (nSPS) is 12.3. The summed E-state index contributed by atoms with van der Waals surface area (Å²) < 4.78 is 7.94. The second-order valence-corrected chi connectivity index (χ2v) is 7.93. The van der Waals surface area contributed by atoms with Crippen molar-refractivity contribution in [3.05, 3.63) is 76.1 Å². The second-order valence-electron chi connectivity index (χ2n) is 6.66. The van der Waals surface area contributed by atoms with E-state index in [4.69, 9.17) is 4.42 Å². The molecular formula is C22H20N2O4S. The topological polar surface area (TPSA) is 84.0 Å². The molecule has 0 saturated carbocycles. The molecule has 2 N–H and O–H groups in total. The molecule has 0 saturated heterocycles. The second kappa shape index (κ2) is 7.67. The summed E-state index contributed by atoms with van der Waals surface area (Å²) in [4.78, 5) is 24.4. The van der Waals surface area contributed by atoms with E-state index in [1.807, 2.05) is 42.6 Å². The molecule has 3 heterocycles. The number of para-hydroxylation sites is 1. The number of fused-ring (bicyclic) bond motifs is 3. The smallest absolute Gasteiger partial charge is 0.337 e. The largest absolute Gasteiger partial charge is 0.478 e. The zero-order chi connectivity index (χ0) is 20.5. The predicted octanol–water partition coefficient (Wildman–Crippen LogP) is 5.03. The summed E-state index contributed by atoms with van der Waals surface area (Å²) in [5.74, 6) is -0.213. The van der Waals surface area contributed by atoms with Gasteiger partial charge >= 0.3 is 5.97 Å². The van der Waals surface area contributed by atoms with E-state index in [9.17, 15) is 14.7 Å². The summed E-state index contributed by atoms with van der Waals surface area (Å²) in [6, 6.07) is 13.8. The van der Waals surface area contributed by atoms with Gasteiger partial charge in [-0.1, -0.05) is 30.8 Å². The van der Waals surface area contributed by atoms with Gasteiger partial charge in [0.05, 0.1) is 11.6 Å². The van der Waals surface area contributed by atoms with Gasteiger partial charge in [0.1, 0.15) is 5.52 Å². The number of carboxylic acids is 1.